The monoisotopic (exact) mass is 225 g/mol. The van der Waals surface area contributed by atoms with Crippen LogP contribution < -0.4 is 10.9 Å². The summed E-state index contributed by atoms with van der Waals surface area (Å²) in [5.41, 5.74) is 2.04. The van der Waals surface area contributed by atoms with Crippen LogP contribution in [0.5, 0.6) is 0 Å². The first-order chi connectivity index (χ1) is 7.74. The molecule has 0 amide bonds. The topological polar surface area (TPSA) is 59.0 Å². The Morgan fingerprint density at radius 1 is 1.50 bits per heavy atom. The fourth-order valence-electron chi connectivity index (χ4n) is 2.29. The van der Waals surface area contributed by atoms with E-state index in [0.29, 0.717) is 12.5 Å². The third kappa shape index (κ3) is 2.05. The Kier molecular flexibility index (Phi) is 3.46. The van der Waals surface area contributed by atoms with Crippen molar-refractivity contribution in [3.63, 3.8) is 0 Å². The second-order valence-corrected chi connectivity index (χ2v) is 4.29. The van der Waals surface area contributed by atoms with Gasteiger partial charge in [-0.1, -0.05) is 0 Å². The first-order valence-corrected chi connectivity index (χ1v) is 5.74. The third-order valence-electron chi connectivity index (χ3n) is 3.16. The van der Waals surface area contributed by atoms with E-state index in [2.05, 4.69) is 10.4 Å². The summed E-state index contributed by atoms with van der Waals surface area (Å²) in [5, 5.41) is 6.23. The average Bonchev–Trinajstić information content (AvgIpc) is 2.59. The van der Waals surface area contributed by atoms with E-state index in [1.807, 2.05) is 7.05 Å². The van der Waals surface area contributed by atoms with Crippen LogP contribution in [-0.2, 0) is 18.3 Å². The lowest BCUT2D eigenvalue weighted by molar-refractivity contribution is 0.0842. The molecular weight excluding hydrogens is 206 g/mol. The number of nitrogens with one attached hydrogen (secondary N) is 2. The highest BCUT2D eigenvalue weighted by atomic mass is 16.5. The zero-order valence-corrected chi connectivity index (χ0v) is 9.88. The number of H-pyrrole nitrogens is 1. The van der Waals surface area contributed by atoms with E-state index in [9.17, 15) is 4.79 Å². The fraction of sp³-hybridized carbons (Fsp3) is 0.727. The second kappa shape index (κ2) is 4.84. The van der Waals surface area contributed by atoms with Crippen molar-refractivity contribution in [2.45, 2.75) is 25.3 Å². The van der Waals surface area contributed by atoms with Crippen molar-refractivity contribution >= 4 is 0 Å². The van der Waals surface area contributed by atoms with E-state index in [0.717, 1.165) is 37.3 Å². The van der Waals surface area contributed by atoms with Crippen LogP contribution in [0.25, 0.3) is 0 Å². The van der Waals surface area contributed by atoms with Gasteiger partial charge in [0.15, 0.2) is 0 Å². The molecule has 0 unspecified atom stereocenters. The molecule has 0 spiro atoms. The first kappa shape index (κ1) is 11.4. The van der Waals surface area contributed by atoms with Gasteiger partial charge in [-0.05, 0) is 19.9 Å². The molecule has 1 fully saturated rings. The molecule has 2 heterocycles. The molecule has 2 N–H and O–H groups in total. The van der Waals surface area contributed by atoms with Crippen molar-refractivity contribution < 1.29 is 4.74 Å². The Hall–Kier alpha value is -1.07. The lowest BCUT2D eigenvalue weighted by atomic mass is 9.94. The summed E-state index contributed by atoms with van der Waals surface area (Å²) in [4.78, 5) is 11.9. The van der Waals surface area contributed by atoms with Gasteiger partial charge in [0.1, 0.15) is 0 Å². The van der Waals surface area contributed by atoms with Crippen LogP contribution in [-0.4, -0.2) is 30.0 Å². The molecule has 1 aromatic rings. The van der Waals surface area contributed by atoms with E-state index in [1.165, 1.54) is 0 Å². The van der Waals surface area contributed by atoms with Crippen molar-refractivity contribution in [2.75, 3.05) is 20.3 Å². The van der Waals surface area contributed by atoms with Crippen LogP contribution in [0.3, 0.4) is 0 Å². The maximum Gasteiger partial charge on any atom is 0.270 e. The molecule has 0 aliphatic carbocycles. The van der Waals surface area contributed by atoms with E-state index in [-0.39, 0.29) is 5.56 Å². The van der Waals surface area contributed by atoms with Crippen LogP contribution in [0.1, 0.15) is 30.0 Å². The smallest absolute Gasteiger partial charge is 0.270 e. The van der Waals surface area contributed by atoms with Gasteiger partial charge in [-0.15, -0.1) is 0 Å². The second-order valence-electron chi connectivity index (χ2n) is 4.29. The lowest BCUT2D eigenvalue weighted by Gasteiger charge is -2.21. The van der Waals surface area contributed by atoms with Gasteiger partial charge in [0.2, 0.25) is 0 Å². The fourth-order valence-corrected chi connectivity index (χ4v) is 2.29. The maximum atomic E-state index is 11.9. The zero-order chi connectivity index (χ0) is 11.5. The molecular formula is C11H19N3O2. The van der Waals surface area contributed by atoms with E-state index >= 15 is 0 Å². The zero-order valence-electron chi connectivity index (χ0n) is 9.88. The van der Waals surface area contributed by atoms with Crippen molar-refractivity contribution in [1.82, 2.24) is 15.1 Å². The van der Waals surface area contributed by atoms with Gasteiger partial charge in [0, 0.05) is 38.4 Å². The lowest BCUT2D eigenvalue weighted by Crippen LogP contribution is -2.21. The molecule has 1 aromatic heterocycles. The highest BCUT2D eigenvalue weighted by Crippen LogP contribution is 2.26. The van der Waals surface area contributed by atoms with Crippen LogP contribution in [0.15, 0.2) is 4.79 Å². The summed E-state index contributed by atoms with van der Waals surface area (Å²) in [7, 11) is 3.63. The Bertz CT molecular complexity index is 402. The number of hydrogen-bond donors (Lipinski definition) is 2. The normalized spacial score (nSPS) is 17.9. The molecule has 0 bridgehead atoms. The van der Waals surface area contributed by atoms with Crippen molar-refractivity contribution in [3.8, 4) is 0 Å². The first-order valence-electron chi connectivity index (χ1n) is 5.74. The molecule has 0 radical (unpaired) electrons. The number of hydrogen-bond acceptors (Lipinski definition) is 3. The van der Waals surface area contributed by atoms with Crippen LogP contribution >= 0.6 is 0 Å². The van der Waals surface area contributed by atoms with Gasteiger partial charge < -0.3 is 10.1 Å². The molecule has 5 nitrogen and oxygen atoms in total. The van der Waals surface area contributed by atoms with Gasteiger partial charge >= 0.3 is 0 Å². The summed E-state index contributed by atoms with van der Waals surface area (Å²) in [6.45, 7) is 2.21. The van der Waals surface area contributed by atoms with Crippen molar-refractivity contribution in [2.24, 2.45) is 7.05 Å². The van der Waals surface area contributed by atoms with Gasteiger partial charge in [-0.2, -0.15) is 0 Å². The summed E-state index contributed by atoms with van der Waals surface area (Å²) in [6, 6.07) is 0. The van der Waals surface area contributed by atoms with Crippen molar-refractivity contribution in [1.29, 1.82) is 0 Å². The Labute approximate surface area is 94.8 Å². The third-order valence-corrected chi connectivity index (χ3v) is 3.16. The molecule has 0 saturated carbocycles. The minimum Gasteiger partial charge on any atom is -0.381 e. The van der Waals surface area contributed by atoms with E-state index < -0.39 is 0 Å². The molecule has 0 atom stereocenters. The predicted octanol–water partition coefficient (Wildman–Crippen LogP) is 0.327. The average molecular weight is 225 g/mol. The van der Waals surface area contributed by atoms with Crippen LogP contribution in [0, 0.1) is 0 Å². The molecule has 1 aliphatic rings. The molecule has 0 aromatic carbocycles. The molecule has 5 heteroatoms. The minimum absolute atomic E-state index is 0.0795. The highest BCUT2D eigenvalue weighted by molar-refractivity contribution is 5.21. The number of rotatable bonds is 3. The van der Waals surface area contributed by atoms with Crippen LogP contribution in [0.2, 0.25) is 0 Å². The summed E-state index contributed by atoms with van der Waals surface area (Å²) < 4.78 is 6.91. The van der Waals surface area contributed by atoms with Crippen LogP contribution in [0.4, 0.5) is 0 Å². The molecule has 16 heavy (non-hydrogen) atoms. The van der Waals surface area contributed by atoms with Crippen molar-refractivity contribution in [3.05, 3.63) is 21.6 Å². The SMILES string of the molecule is CNCc1c(C2CCOCC2)[nH]n(C)c1=O. The standard InChI is InChI=1S/C11H19N3O2/c1-12-7-9-10(13-14(2)11(9)15)8-3-5-16-6-4-8/h8,12-13H,3-7H2,1-2H3. The molecule has 2 rings (SSSR count). The predicted molar refractivity (Wildman–Crippen MR) is 61.6 cm³/mol. The largest absolute Gasteiger partial charge is 0.381 e. The van der Waals surface area contributed by atoms with Gasteiger partial charge in [0.05, 0.1) is 5.56 Å². The van der Waals surface area contributed by atoms with Gasteiger partial charge in [-0.25, -0.2) is 0 Å². The Morgan fingerprint density at radius 2 is 2.19 bits per heavy atom. The Morgan fingerprint density at radius 3 is 2.81 bits per heavy atom. The molecule has 1 saturated heterocycles. The maximum absolute atomic E-state index is 11.9. The van der Waals surface area contributed by atoms with E-state index in [1.54, 1.807) is 11.7 Å². The number of ether oxygens (including phenoxy) is 1. The van der Waals surface area contributed by atoms with Gasteiger partial charge in [-0.3, -0.25) is 14.6 Å². The number of aromatic amines is 1. The molecule has 1 aliphatic heterocycles. The van der Waals surface area contributed by atoms with Gasteiger partial charge in [0.25, 0.3) is 5.56 Å². The Balaban J connectivity index is 2.31. The molecule has 90 valence electrons. The van der Waals surface area contributed by atoms with E-state index in [4.69, 9.17) is 4.74 Å². The number of aromatic nitrogens is 2. The summed E-state index contributed by atoms with van der Waals surface area (Å²) >= 11 is 0. The minimum atomic E-state index is 0.0795. The number of nitrogens with zero attached hydrogens (tertiary/aromatic N) is 1. The summed E-state index contributed by atoms with van der Waals surface area (Å²) in [6.07, 6.45) is 1.99. The number of aryl methyl sites for hydroxylation is 1. The highest BCUT2D eigenvalue weighted by Gasteiger charge is 2.22. The quantitative estimate of drug-likeness (QED) is 0.779. The summed E-state index contributed by atoms with van der Waals surface area (Å²) in [5.74, 6) is 0.436.